The highest BCUT2D eigenvalue weighted by Gasteiger charge is 2.29. The molecule has 652 valence electrons. The second-order valence-corrected chi connectivity index (χ2v) is 39.9. The Bertz CT molecular complexity index is 10200. The minimum atomic E-state index is 1.16. The van der Waals surface area contributed by atoms with Gasteiger partial charge in [0.05, 0.1) is 38.8 Å². The fraction of sp³-hybridized carbons (Fsp3) is 0. The van der Waals surface area contributed by atoms with E-state index >= 15 is 0 Å². The van der Waals surface area contributed by atoms with Gasteiger partial charge in [0.15, 0.2) is 0 Å². The standard InChI is InChI=1S/C46H29NS.2C44H27NS/c1-4-12-30(13-5-1)33-20-24-36(25-21-33)47-41-26-22-34(31-14-6-2-7-15-31)28-39(41)43-44-40-29-35(32-16-8-3-9-17-32)23-27-42(40)48-46(44)38-19-11-10-18-37(38)45(43)47;1-3-12-28(13-4-1)31-22-24-39-36(26-31)41-42-37-27-32(29-14-5-2-6-15-29)23-25-40(37)46-44(42)35-20-10-9-19-34(35)43(41)45(39)38-21-11-17-30-16-7-8-18-33(30)38;1-3-11-28(12-4-1)32-20-23-39-37(26-32)41-42-38-27-33(29-13-5-2-6-14-29)21-24-40(38)46-44(42)36-18-10-9-17-35(36)43(41)45(39)34-22-19-30-15-7-8-16-31(30)25-34/h1-29H;2*1-27H. The third-order valence-electron chi connectivity index (χ3n) is 28.9. The first kappa shape index (κ1) is 81.0. The van der Waals surface area contributed by atoms with E-state index in [0.717, 1.165) is 5.69 Å². The molecule has 0 atom stereocenters. The molecule has 0 radical (unpaired) electrons. The van der Waals surface area contributed by atoms with Crippen molar-refractivity contribution in [3.8, 4) is 95.0 Å². The quantitative estimate of drug-likeness (QED) is 0.130. The molecule has 0 aliphatic heterocycles. The van der Waals surface area contributed by atoms with Crippen LogP contribution in [-0.2, 0) is 0 Å². The lowest BCUT2D eigenvalue weighted by molar-refractivity contribution is 1.19. The van der Waals surface area contributed by atoms with Crippen LogP contribution in [0.5, 0.6) is 0 Å². The predicted octanol–water partition coefficient (Wildman–Crippen LogP) is 38.9. The average molecular weight is 1830 g/mol. The van der Waals surface area contributed by atoms with Gasteiger partial charge in [0.25, 0.3) is 0 Å². The molecule has 30 rings (SSSR count). The second-order valence-electron chi connectivity index (χ2n) is 36.7. The normalized spacial score (nSPS) is 11.9. The van der Waals surface area contributed by atoms with Crippen molar-refractivity contribution in [2.24, 2.45) is 0 Å². The number of hydrogen-bond donors (Lipinski definition) is 0. The Hall–Kier alpha value is -17.4. The highest BCUT2D eigenvalue weighted by Crippen LogP contribution is 2.55. The van der Waals surface area contributed by atoms with Crippen LogP contribution < -0.4 is 0 Å². The van der Waals surface area contributed by atoms with Crippen molar-refractivity contribution < 1.29 is 0 Å². The van der Waals surface area contributed by atoms with E-state index in [0.29, 0.717) is 0 Å². The van der Waals surface area contributed by atoms with E-state index in [1.54, 1.807) is 0 Å². The minimum Gasteiger partial charge on any atom is -0.309 e. The van der Waals surface area contributed by atoms with Crippen molar-refractivity contribution in [3.05, 3.63) is 504 Å². The summed E-state index contributed by atoms with van der Waals surface area (Å²) in [6, 6.07) is 184. The van der Waals surface area contributed by atoms with Crippen LogP contribution in [-0.4, -0.2) is 13.7 Å². The Morgan fingerprint density at radius 3 is 0.764 bits per heavy atom. The van der Waals surface area contributed by atoms with E-state index in [-0.39, 0.29) is 0 Å². The van der Waals surface area contributed by atoms with E-state index in [9.17, 15) is 0 Å². The van der Waals surface area contributed by atoms with Gasteiger partial charge in [0.1, 0.15) is 0 Å². The largest absolute Gasteiger partial charge is 0.309 e. The monoisotopic (exact) mass is 1830 g/mol. The van der Waals surface area contributed by atoms with Crippen LogP contribution in [0.4, 0.5) is 0 Å². The molecule has 0 N–H and O–H groups in total. The maximum absolute atomic E-state index is 2.54. The van der Waals surface area contributed by atoms with Crippen molar-refractivity contribution >= 4 is 214 Å². The van der Waals surface area contributed by atoms with E-state index in [1.165, 1.54) is 269 Å². The Kier molecular flexibility index (Phi) is 19.3. The summed E-state index contributed by atoms with van der Waals surface area (Å²) in [5.41, 5.74) is 28.3. The molecule has 0 bridgehead atoms. The van der Waals surface area contributed by atoms with Gasteiger partial charge in [-0.05, 0) is 197 Å². The molecule has 140 heavy (non-hydrogen) atoms. The molecular formula is C134H83N3S3. The molecule has 0 spiro atoms. The Morgan fingerprint density at radius 2 is 0.393 bits per heavy atom. The van der Waals surface area contributed by atoms with Gasteiger partial charge < -0.3 is 13.7 Å². The topological polar surface area (TPSA) is 14.8 Å². The summed E-state index contributed by atoms with van der Waals surface area (Å²) in [5.74, 6) is 0. The van der Waals surface area contributed by atoms with E-state index in [2.05, 4.69) is 517 Å². The number of benzene rings is 24. The first-order valence-electron chi connectivity index (χ1n) is 48.0. The molecule has 0 saturated heterocycles. The van der Waals surface area contributed by atoms with Gasteiger partial charge in [-0.1, -0.05) is 400 Å². The van der Waals surface area contributed by atoms with Gasteiger partial charge in [0, 0.05) is 142 Å². The zero-order valence-corrected chi connectivity index (χ0v) is 78.4. The maximum Gasteiger partial charge on any atom is 0.0627 e. The molecule has 0 aliphatic carbocycles. The predicted molar refractivity (Wildman–Crippen MR) is 607 cm³/mol. The highest BCUT2D eigenvalue weighted by atomic mass is 32.1. The molecule has 0 aliphatic rings. The molecule has 0 amide bonds. The third-order valence-corrected chi connectivity index (χ3v) is 32.5. The summed E-state index contributed by atoms with van der Waals surface area (Å²) < 4.78 is 15.6. The molecule has 30 aromatic rings. The van der Waals surface area contributed by atoms with Crippen LogP contribution in [0.2, 0.25) is 0 Å². The van der Waals surface area contributed by atoms with E-state index in [1.807, 2.05) is 34.0 Å². The van der Waals surface area contributed by atoms with Crippen LogP contribution in [0.1, 0.15) is 0 Å². The van der Waals surface area contributed by atoms with Crippen molar-refractivity contribution in [2.45, 2.75) is 0 Å². The van der Waals surface area contributed by atoms with Gasteiger partial charge in [0.2, 0.25) is 0 Å². The summed E-state index contributed by atoms with van der Waals surface area (Å²) in [6.45, 7) is 0. The van der Waals surface area contributed by atoms with Gasteiger partial charge >= 0.3 is 0 Å². The summed E-state index contributed by atoms with van der Waals surface area (Å²) in [6.07, 6.45) is 0. The lowest BCUT2D eigenvalue weighted by Gasteiger charge is -2.13. The molecule has 0 saturated carbocycles. The third kappa shape index (κ3) is 13.3. The summed E-state index contributed by atoms with van der Waals surface area (Å²) in [5, 5.41) is 28.6. The fourth-order valence-electron chi connectivity index (χ4n) is 22.5. The molecule has 6 aromatic heterocycles. The SMILES string of the molecule is c1ccc(-c2ccc(-n3c4ccc(-c5ccccc5)cc4c4c5c6cc(-c7ccccc7)ccc6sc5c5ccccc5c43)cc2)cc1.c1ccc(-c2ccc3sc4c5ccccc5c5c(c6cc(-c7ccccc7)ccc6n5-c5ccc6ccccc6c5)c4c3c2)cc1.c1ccc(-c2ccc3sc4c5ccccc5c5c(c6cc(-c7ccccc7)ccc6n5-c5cccc6ccccc56)c4c3c2)cc1. The molecule has 24 aromatic carbocycles. The molecule has 3 nitrogen and oxygen atoms in total. The number of hydrogen-bond acceptors (Lipinski definition) is 3. The Labute approximate surface area is 819 Å². The Morgan fingerprint density at radius 1 is 0.136 bits per heavy atom. The van der Waals surface area contributed by atoms with Gasteiger partial charge in [-0.15, -0.1) is 34.0 Å². The zero-order chi connectivity index (χ0) is 92.0. The molecule has 6 heteroatoms. The number of thiophene rings is 3. The summed E-state index contributed by atoms with van der Waals surface area (Å²) in [7, 11) is 0. The first-order chi connectivity index (χ1) is 69.5. The van der Waals surface area contributed by atoms with Gasteiger partial charge in [-0.2, -0.15) is 0 Å². The first-order valence-corrected chi connectivity index (χ1v) is 50.4. The minimum absolute atomic E-state index is 1.16. The fourth-order valence-corrected chi connectivity index (χ4v) is 26.2. The molecule has 6 heterocycles. The maximum atomic E-state index is 2.54. The van der Waals surface area contributed by atoms with Crippen LogP contribution in [0.15, 0.2) is 504 Å². The van der Waals surface area contributed by atoms with E-state index < -0.39 is 0 Å². The van der Waals surface area contributed by atoms with Gasteiger partial charge in [-0.3, -0.25) is 0 Å². The van der Waals surface area contributed by atoms with Crippen LogP contribution in [0, 0.1) is 0 Å². The number of rotatable bonds is 10. The average Bonchev–Trinajstić information content (AvgIpc) is 1.54. The zero-order valence-electron chi connectivity index (χ0n) is 76.0. The molecular weight excluding hydrogens is 1750 g/mol. The Balaban J connectivity index is 0.000000103. The summed E-state index contributed by atoms with van der Waals surface area (Å²) in [4.78, 5) is 0. The highest BCUT2D eigenvalue weighted by molar-refractivity contribution is 7.28. The number of fused-ring (bicyclic) bond motifs is 32. The van der Waals surface area contributed by atoms with E-state index in [4.69, 9.17) is 0 Å². The van der Waals surface area contributed by atoms with Crippen molar-refractivity contribution in [1.82, 2.24) is 13.7 Å². The van der Waals surface area contributed by atoms with Crippen molar-refractivity contribution in [3.63, 3.8) is 0 Å². The van der Waals surface area contributed by atoms with Crippen LogP contribution in [0.3, 0.4) is 0 Å². The van der Waals surface area contributed by atoms with Crippen LogP contribution in [0.25, 0.3) is 275 Å². The number of nitrogens with zero attached hydrogens (tertiary/aromatic N) is 3. The van der Waals surface area contributed by atoms with Crippen molar-refractivity contribution in [2.75, 3.05) is 0 Å². The molecule has 0 unspecified atom stereocenters. The van der Waals surface area contributed by atoms with Crippen molar-refractivity contribution in [1.29, 1.82) is 0 Å². The summed E-state index contributed by atoms with van der Waals surface area (Å²) >= 11 is 5.75. The smallest absolute Gasteiger partial charge is 0.0627 e. The lowest BCUT2D eigenvalue weighted by atomic mass is 9.96. The second kappa shape index (κ2) is 33.3. The van der Waals surface area contributed by atoms with Gasteiger partial charge in [-0.25, -0.2) is 0 Å². The number of aromatic nitrogens is 3. The molecule has 0 fully saturated rings. The lowest BCUT2D eigenvalue weighted by Crippen LogP contribution is -1.96. The van der Waals surface area contributed by atoms with Crippen LogP contribution >= 0.6 is 34.0 Å².